The number of aliphatic hydroxyl groups is 1. The van der Waals surface area contributed by atoms with Gasteiger partial charge in [0, 0.05) is 6.42 Å². The van der Waals surface area contributed by atoms with Crippen LogP contribution in [-0.2, 0) is 6.42 Å². The fraction of sp³-hybridized carbons (Fsp3) is 0.188. The fourth-order valence-electron chi connectivity index (χ4n) is 1.96. The summed E-state index contributed by atoms with van der Waals surface area (Å²) < 4.78 is 0. The van der Waals surface area contributed by atoms with Crippen LogP contribution in [0.1, 0.15) is 28.4 Å². The van der Waals surface area contributed by atoms with Gasteiger partial charge < -0.3 is 5.11 Å². The molecule has 0 amide bonds. The molecule has 0 saturated heterocycles. The average Bonchev–Trinajstić information content (AvgIpc) is 2.39. The average molecular weight is 237 g/mol. The van der Waals surface area contributed by atoms with Crippen LogP contribution in [0.2, 0.25) is 0 Å². The molecule has 2 heteroatoms. The molecule has 1 atom stereocenters. The van der Waals surface area contributed by atoms with E-state index in [4.69, 9.17) is 5.26 Å². The summed E-state index contributed by atoms with van der Waals surface area (Å²) in [7, 11) is 0. The number of aryl methyl sites for hydroxylation is 1. The second-order valence-corrected chi connectivity index (χ2v) is 4.44. The van der Waals surface area contributed by atoms with Crippen molar-refractivity contribution < 1.29 is 5.11 Å². The van der Waals surface area contributed by atoms with Gasteiger partial charge >= 0.3 is 0 Å². The summed E-state index contributed by atoms with van der Waals surface area (Å²) in [5.74, 6) is 0. The van der Waals surface area contributed by atoms with E-state index in [-0.39, 0.29) is 0 Å². The maximum absolute atomic E-state index is 10.1. The molecule has 0 bridgehead atoms. The van der Waals surface area contributed by atoms with Gasteiger partial charge in [-0.2, -0.15) is 5.26 Å². The first kappa shape index (κ1) is 12.3. The zero-order chi connectivity index (χ0) is 13.0. The van der Waals surface area contributed by atoms with Crippen molar-refractivity contribution in [1.29, 1.82) is 5.26 Å². The molecule has 2 aromatic rings. The smallest absolute Gasteiger partial charge is 0.0991 e. The minimum atomic E-state index is -0.528. The van der Waals surface area contributed by atoms with Crippen LogP contribution in [0.15, 0.2) is 48.5 Å². The fourth-order valence-corrected chi connectivity index (χ4v) is 1.96. The van der Waals surface area contributed by atoms with Crippen molar-refractivity contribution in [3.05, 3.63) is 70.8 Å². The number of hydrogen-bond donors (Lipinski definition) is 1. The van der Waals surface area contributed by atoms with Crippen molar-refractivity contribution in [3.63, 3.8) is 0 Å². The van der Waals surface area contributed by atoms with Gasteiger partial charge in [0.05, 0.1) is 17.7 Å². The summed E-state index contributed by atoms with van der Waals surface area (Å²) in [5, 5.41) is 18.9. The summed E-state index contributed by atoms with van der Waals surface area (Å²) in [5.41, 5.74) is 3.77. The third-order valence-electron chi connectivity index (χ3n) is 2.94. The molecule has 0 spiro atoms. The highest BCUT2D eigenvalue weighted by Crippen LogP contribution is 2.19. The van der Waals surface area contributed by atoms with E-state index in [1.807, 2.05) is 25.1 Å². The van der Waals surface area contributed by atoms with Crippen LogP contribution < -0.4 is 0 Å². The predicted octanol–water partition coefficient (Wildman–Crippen LogP) is 3.14. The summed E-state index contributed by atoms with van der Waals surface area (Å²) >= 11 is 0. The highest BCUT2D eigenvalue weighted by Gasteiger charge is 2.08. The van der Waals surface area contributed by atoms with Gasteiger partial charge in [-0.15, -0.1) is 0 Å². The van der Waals surface area contributed by atoms with Gasteiger partial charge in [0.1, 0.15) is 0 Å². The van der Waals surface area contributed by atoms with Crippen molar-refractivity contribution in [1.82, 2.24) is 0 Å². The zero-order valence-electron chi connectivity index (χ0n) is 10.3. The Morgan fingerprint density at radius 2 is 1.89 bits per heavy atom. The Bertz CT molecular complexity index is 566. The predicted molar refractivity (Wildman–Crippen MR) is 71.0 cm³/mol. The van der Waals surface area contributed by atoms with Crippen LogP contribution in [0, 0.1) is 18.3 Å². The van der Waals surface area contributed by atoms with Crippen molar-refractivity contribution in [3.8, 4) is 6.07 Å². The first-order valence-electron chi connectivity index (χ1n) is 5.93. The molecule has 0 aliphatic rings. The van der Waals surface area contributed by atoms with E-state index in [9.17, 15) is 5.11 Å². The maximum Gasteiger partial charge on any atom is 0.0991 e. The molecular formula is C16H15NO. The molecule has 1 N–H and O–H groups in total. The van der Waals surface area contributed by atoms with Crippen LogP contribution in [0.4, 0.5) is 0 Å². The van der Waals surface area contributed by atoms with Crippen molar-refractivity contribution in [2.24, 2.45) is 0 Å². The number of rotatable bonds is 3. The minimum Gasteiger partial charge on any atom is -0.388 e. The molecule has 18 heavy (non-hydrogen) atoms. The van der Waals surface area contributed by atoms with E-state index >= 15 is 0 Å². The van der Waals surface area contributed by atoms with Crippen LogP contribution in [0.5, 0.6) is 0 Å². The van der Waals surface area contributed by atoms with Crippen molar-refractivity contribution >= 4 is 0 Å². The molecule has 0 aromatic heterocycles. The second kappa shape index (κ2) is 5.48. The third kappa shape index (κ3) is 2.97. The Morgan fingerprint density at radius 3 is 2.50 bits per heavy atom. The van der Waals surface area contributed by atoms with Gasteiger partial charge in [0.25, 0.3) is 0 Å². The largest absolute Gasteiger partial charge is 0.388 e. The number of nitriles is 1. The number of hydrogen-bond acceptors (Lipinski definition) is 2. The first-order chi connectivity index (χ1) is 8.69. The quantitative estimate of drug-likeness (QED) is 0.891. The number of nitrogens with zero attached hydrogens (tertiary/aromatic N) is 1. The van der Waals surface area contributed by atoms with Crippen LogP contribution in [0.3, 0.4) is 0 Å². The van der Waals surface area contributed by atoms with Gasteiger partial charge in [-0.05, 0) is 30.2 Å². The molecule has 0 radical (unpaired) electrons. The Balaban J connectivity index is 2.12. The van der Waals surface area contributed by atoms with Crippen LogP contribution >= 0.6 is 0 Å². The summed E-state index contributed by atoms with van der Waals surface area (Å²) in [6, 6.07) is 17.3. The van der Waals surface area contributed by atoms with E-state index in [1.54, 1.807) is 24.3 Å². The Morgan fingerprint density at radius 1 is 1.17 bits per heavy atom. The molecular weight excluding hydrogens is 222 g/mol. The van der Waals surface area contributed by atoms with Crippen LogP contribution in [0.25, 0.3) is 0 Å². The minimum absolute atomic E-state index is 0.528. The van der Waals surface area contributed by atoms with Gasteiger partial charge in [-0.25, -0.2) is 0 Å². The van der Waals surface area contributed by atoms with Crippen molar-refractivity contribution in [2.75, 3.05) is 0 Å². The Labute approximate surface area is 107 Å². The maximum atomic E-state index is 10.1. The summed E-state index contributed by atoms with van der Waals surface area (Å²) in [6.07, 6.45) is 0.0627. The highest BCUT2D eigenvalue weighted by atomic mass is 16.3. The zero-order valence-corrected chi connectivity index (χ0v) is 10.3. The second-order valence-electron chi connectivity index (χ2n) is 4.44. The normalized spacial score (nSPS) is 11.8. The lowest BCUT2D eigenvalue weighted by molar-refractivity contribution is 0.178. The van der Waals surface area contributed by atoms with Crippen LogP contribution in [-0.4, -0.2) is 5.11 Å². The molecule has 0 aliphatic heterocycles. The molecule has 90 valence electrons. The Kier molecular flexibility index (Phi) is 3.76. The lowest BCUT2D eigenvalue weighted by Gasteiger charge is -2.11. The van der Waals surface area contributed by atoms with E-state index in [0.717, 1.165) is 11.1 Å². The molecule has 0 saturated carbocycles. The topological polar surface area (TPSA) is 44.0 Å². The summed E-state index contributed by atoms with van der Waals surface area (Å²) in [6.45, 7) is 2.04. The van der Waals surface area contributed by atoms with Gasteiger partial charge in [0.2, 0.25) is 0 Å². The van der Waals surface area contributed by atoms with Crippen molar-refractivity contribution in [2.45, 2.75) is 19.4 Å². The molecule has 2 aromatic carbocycles. The third-order valence-corrected chi connectivity index (χ3v) is 2.94. The summed E-state index contributed by atoms with van der Waals surface area (Å²) in [4.78, 5) is 0. The molecule has 0 fully saturated rings. The monoisotopic (exact) mass is 237 g/mol. The SMILES string of the molecule is Cc1cccc(CC(O)c2ccc(C#N)cc2)c1. The highest BCUT2D eigenvalue weighted by molar-refractivity contribution is 5.33. The Hall–Kier alpha value is -2.11. The molecule has 2 rings (SSSR count). The van der Waals surface area contributed by atoms with E-state index in [2.05, 4.69) is 12.1 Å². The van der Waals surface area contributed by atoms with E-state index < -0.39 is 6.10 Å². The first-order valence-corrected chi connectivity index (χ1v) is 5.93. The molecule has 0 aliphatic carbocycles. The van der Waals surface area contributed by atoms with Gasteiger partial charge in [0.15, 0.2) is 0 Å². The lowest BCUT2D eigenvalue weighted by atomic mass is 9.99. The van der Waals surface area contributed by atoms with E-state index in [1.165, 1.54) is 5.56 Å². The number of aliphatic hydroxyl groups excluding tert-OH is 1. The lowest BCUT2D eigenvalue weighted by Crippen LogP contribution is -2.01. The van der Waals surface area contributed by atoms with E-state index in [0.29, 0.717) is 12.0 Å². The molecule has 1 unspecified atom stereocenters. The van der Waals surface area contributed by atoms with Gasteiger partial charge in [-0.3, -0.25) is 0 Å². The molecule has 2 nitrogen and oxygen atoms in total. The molecule has 0 heterocycles. The standard InChI is InChI=1S/C16H15NO/c1-12-3-2-4-14(9-12)10-16(18)15-7-5-13(11-17)6-8-15/h2-9,16,18H,10H2,1H3. The van der Waals surface area contributed by atoms with Gasteiger partial charge in [-0.1, -0.05) is 42.0 Å². The number of benzene rings is 2.